The van der Waals surface area contributed by atoms with Gasteiger partial charge in [-0.1, -0.05) is 0 Å². The Labute approximate surface area is 154 Å². The zero-order valence-electron chi connectivity index (χ0n) is 15.4. The molecule has 0 fully saturated rings. The average molecular weight is 376 g/mol. The van der Waals surface area contributed by atoms with Crippen LogP contribution in [0.25, 0.3) is 0 Å². The van der Waals surface area contributed by atoms with Gasteiger partial charge in [0.25, 0.3) is 15.9 Å². The van der Waals surface area contributed by atoms with Crippen LogP contribution >= 0.6 is 0 Å². The molecule has 26 heavy (non-hydrogen) atoms. The first kappa shape index (κ1) is 19.8. The smallest absolute Gasteiger partial charge is 0.261 e. The molecule has 1 amide bonds. The van der Waals surface area contributed by atoms with Gasteiger partial charge in [0.15, 0.2) is 0 Å². The first-order valence-corrected chi connectivity index (χ1v) is 9.77. The molecule has 2 rings (SSSR count). The number of sulfonamides is 1. The van der Waals surface area contributed by atoms with E-state index in [4.69, 9.17) is 4.74 Å². The fourth-order valence-corrected chi connectivity index (χ4v) is 3.26. The molecular weight excluding hydrogens is 352 g/mol. The van der Waals surface area contributed by atoms with Crippen molar-refractivity contribution in [2.75, 3.05) is 11.3 Å². The van der Waals surface area contributed by atoms with Gasteiger partial charge in [-0.2, -0.15) is 0 Å². The zero-order valence-corrected chi connectivity index (χ0v) is 16.2. The summed E-state index contributed by atoms with van der Waals surface area (Å²) in [4.78, 5) is 12.2. The highest BCUT2D eigenvalue weighted by Crippen LogP contribution is 2.20. The van der Waals surface area contributed by atoms with Gasteiger partial charge in [-0.15, -0.1) is 0 Å². The number of hydrogen-bond donors (Lipinski definition) is 2. The highest BCUT2D eigenvalue weighted by molar-refractivity contribution is 7.92. The number of amides is 1. The van der Waals surface area contributed by atoms with Crippen LogP contribution in [0.5, 0.6) is 5.75 Å². The van der Waals surface area contributed by atoms with E-state index in [1.54, 1.807) is 36.4 Å². The average Bonchev–Trinajstić information content (AvgIpc) is 2.54. The molecule has 140 valence electrons. The molecule has 2 N–H and O–H groups in total. The molecule has 0 aliphatic rings. The third kappa shape index (κ3) is 5.49. The van der Waals surface area contributed by atoms with Crippen molar-refractivity contribution in [1.29, 1.82) is 0 Å². The second-order valence-electron chi connectivity index (χ2n) is 6.79. The normalized spacial score (nSPS) is 11.7. The van der Waals surface area contributed by atoms with Crippen molar-refractivity contribution in [2.45, 2.75) is 38.1 Å². The number of carbonyl (C=O) groups excluding carboxylic acids is 1. The molecule has 0 saturated heterocycles. The van der Waals surface area contributed by atoms with Gasteiger partial charge in [0.1, 0.15) is 5.75 Å². The number of anilines is 1. The summed E-state index contributed by atoms with van der Waals surface area (Å²) in [5.41, 5.74) is 0.500. The summed E-state index contributed by atoms with van der Waals surface area (Å²) < 4.78 is 32.7. The van der Waals surface area contributed by atoms with Crippen molar-refractivity contribution in [2.24, 2.45) is 0 Å². The van der Waals surface area contributed by atoms with E-state index in [-0.39, 0.29) is 16.3 Å². The molecule has 2 aromatic carbocycles. The molecule has 0 saturated carbocycles. The monoisotopic (exact) mass is 376 g/mol. The molecule has 0 radical (unpaired) electrons. The van der Waals surface area contributed by atoms with Crippen molar-refractivity contribution < 1.29 is 17.9 Å². The summed E-state index contributed by atoms with van der Waals surface area (Å²) in [5, 5.41) is 2.86. The molecule has 0 spiro atoms. The Morgan fingerprint density at radius 3 is 2.08 bits per heavy atom. The molecule has 0 unspecified atom stereocenters. The Hall–Kier alpha value is -2.54. The highest BCUT2D eigenvalue weighted by atomic mass is 32.2. The number of ether oxygens (including phenoxy) is 1. The Morgan fingerprint density at radius 1 is 1.00 bits per heavy atom. The van der Waals surface area contributed by atoms with Crippen molar-refractivity contribution in [3.05, 3.63) is 54.1 Å². The SMILES string of the molecule is CCOc1ccc(S(=O)(=O)Nc2ccc(C(=O)NC(C)(C)C)cc2)cc1. The van der Waals surface area contributed by atoms with Crippen LogP contribution in [0, 0.1) is 0 Å². The fourth-order valence-electron chi connectivity index (χ4n) is 2.20. The minimum Gasteiger partial charge on any atom is -0.494 e. The number of rotatable bonds is 6. The van der Waals surface area contributed by atoms with Crippen molar-refractivity contribution >= 4 is 21.6 Å². The lowest BCUT2D eigenvalue weighted by atomic mass is 10.1. The van der Waals surface area contributed by atoms with Crippen LogP contribution in [0.2, 0.25) is 0 Å². The Morgan fingerprint density at radius 2 is 1.58 bits per heavy atom. The molecule has 6 nitrogen and oxygen atoms in total. The van der Waals surface area contributed by atoms with E-state index in [9.17, 15) is 13.2 Å². The minimum absolute atomic E-state index is 0.135. The summed E-state index contributed by atoms with van der Waals surface area (Å²) in [6, 6.07) is 12.5. The van der Waals surface area contributed by atoms with Crippen LogP contribution in [0.1, 0.15) is 38.1 Å². The van der Waals surface area contributed by atoms with Gasteiger partial charge in [-0.25, -0.2) is 8.42 Å². The van der Waals surface area contributed by atoms with E-state index in [2.05, 4.69) is 10.0 Å². The maximum absolute atomic E-state index is 12.4. The van der Waals surface area contributed by atoms with E-state index in [0.29, 0.717) is 23.6 Å². The quantitative estimate of drug-likeness (QED) is 0.809. The van der Waals surface area contributed by atoms with Crippen LogP contribution in [0.15, 0.2) is 53.4 Å². The first-order valence-electron chi connectivity index (χ1n) is 8.29. The summed E-state index contributed by atoms with van der Waals surface area (Å²) >= 11 is 0. The van der Waals surface area contributed by atoms with Gasteiger partial charge >= 0.3 is 0 Å². The fraction of sp³-hybridized carbons (Fsp3) is 0.316. The van der Waals surface area contributed by atoms with E-state index < -0.39 is 10.0 Å². The van der Waals surface area contributed by atoms with Crippen LogP contribution in [-0.4, -0.2) is 26.5 Å². The lowest BCUT2D eigenvalue weighted by molar-refractivity contribution is 0.0919. The van der Waals surface area contributed by atoms with Gasteiger partial charge in [0, 0.05) is 16.8 Å². The molecular formula is C19H24N2O4S. The van der Waals surface area contributed by atoms with Crippen molar-refractivity contribution in [1.82, 2.24) is 5.32 Å². The summed E-state index contributed by atoms with van der Waals surface area (Å²) in [6.45, 7) is 8.05. The number of hydrogen-bond acceptors (Lipinski definition) is 4. The maximum atomic E-state index is 12.4. The lowest BCUT2D eigenvalue weighted by Crippen LogP contribution is -2.40. The second-order valence-corrected chi connectivity index (χ2v) is 8.47. The Balaban J connectivity index is 2.11. The molecule has 0 heterocycles. The topological polar surface area (TPSA) is 84.5 Å². The van der Waals surface area contributed by atoms with Gasteiger partial charge in [0.2, 0.25) is 0 Å². The minimum atomic E-state index is -3.71. The molecule has 0 atom stereocenters. The van der Waals surface area contributed by atoms with E-state index in [1.807, 2.05) is 27.7 Å². The molecule has 0 aromatic heterocycles. The summed E-state index contributed by atoms with van der Waals surface area (Å²) in [5.74, 6) is 0.402. The van der Waals surface area contributed by atoms with Crippen LogP contribution < -0.4 is 14.8 Å². The molecule has 0 bridgehead atoms. The van der Waals surface area contributed by atoms with Gasteiger partial charge in [-0.05, 0) is 76.2 Å². The van der Waals surface area contributed by atoms with Crippen LogP contribution in [0.4, 0.5) is 5.69 Å². The Kier molecular flexibility index (Phi) is 5.92. The largest absolute Gasteiger partial charge is 0.494 e. The van der Waals surface area contributed by atoms with Crippen LogP contribution in [-0.2, 0) is 10.0 Å². The van der Waals surface area contributed by atoms with Gasteiger partial charge < -0.3 is 10.1 Å². The molecule has 2 aromatic rings. The van der Waals surface area contributed by atoms with E-state index >= 15 is 0 Å². The Bertz CT molecular complexity index is 852. The van der Waals surface area contributed by atoms with E-state index in [1.165, 1.54) is 12.1 Å². The first-order chi connectivity index (χ1) is 12.1. The predicted molar refractivity (Wildman–Crippen MR) is 102 cm³/mol. The third-order valence-electron chi connectivity index (χ3n) is 3.33. The molecule has 0 aliphatic heterocycles. The number of carbonyl (C=O) groups is 1. The van der Waals surface area contributed by atoms with Crippen molar-refractivity contribution in [3.8, 4) is 5.75 Å². The number of nitrogens with one attached hydrogen (secondary N) is 2. The zero-order chi connectivity index (χ0) is 19.4. The van der Waals surface area contributed by atoms with Gasteiger partial charge in [-0.3, -0.25) is 9.52 Å². The second kappa shape index (κ2) is 7.78. The molecule has 0 aliphatic carbocycles. The van der Waals surface area contributed by atoms with Crippen LogP contribution in [0.3, 0.4) is 0 Å². The summed E-state index contributed by atoms with van der Waals surface area (Å²) in [7, 11) is -3.71. The number of benzene rings is 2. The maximum Gasteiger partial charge on any atom is 0.261 e. The van der Waals surface area contributed by atoms with Crippen molar-refractivity contribution in [3.63, 3.8) is 0 Å². The highest BCUT2D eigenvalue weighted by Gasteiger charge is 2.17. The standard InChI is InChI=1S/C19H24N2O4S/c1-5-25-16-10-12-17(13-11-16)26(23,24)21-15-8-6-14(7-9-15)18(22)20-19(2,3)4/h6-13,21H,5H2,1-4H3,(H,20,22). The van der Waals surface area contributed by atoms with E-state index in [0.717, 1.165) is 0 Å². The lowest BCUT2D eigenvalue weighted by Gasteiger charge is -2.20. The third-order valence-corrected chi connectivity index (χ3v) is 4.73. The predicted octanol–water partition coefficient (Wildman–Crippen LogP) is 3.41. The van der Waals surface area contributed by atoms with Gasteiger partial charge in [0.05, 0.1) is 11.5 Å². The molecule has 7 heteroatoms. The summed E-state index contributed by atoms with van der Waals surface area (Å²) in [6.07, 6.45) is 0.